The molecule has 0 radical (unpaired) electrons. The average molecular weight is 97.2 g/mol. The highest BCUT2D eigenvalue weighted by molar-refractivity contribution is 5.11. The molecule has 0 aliphatic heterocycles. The van der Waals surface area contributed by atoms with E-state index in [9.17, 15) is 0 Å². The number of hydrogen-bond donors (Lipinski definition) is 1. The Hall–Kier alpha value is -0.300. The van der Waals surface area contributed by atoms with Gasteiger partial charge < -0.3 is 5.73 Å². The van der Waals surface area contributed by atoms with Crippen LogP contribution in [0.5, 0.6) is 0 Å². The van der Waals surface area contributed by atoms with Crippen LogP contribution in [-0.2, 0) is 0 Å². The predicted molar refractivity (Wildman–Crippen MR) is 30.9 cm³/mol. The topological polar surface area (TPSA) is 26.0 Å². The van der Waals surface area contributed by atoms with Crippen molar-refractivity contribution in [2.24, 2.45) is 11.7 Å². The van der Waals surface area contributed by atoms with Gasteiger partial charge in [-0.15, -0.1) is 0 Å². The molecule has 7 heavy (non-hydrogen) atoms. The Kier molecular flexibility index (Phi) is 0.927. The molecule has 1 heteroatoms. The molecule has 0 aromatic heterocycles. The molecule has 0 aromatic carbocycles. The summed E-state index contributed by atoms with van der Waals surface area (Å²) in [5.41, 5.74) is 6.75. The van der Waals surface area contributed by atoms with E-state index in [1.807, 2.05) is 6.92 Å². The highest BCUT2D eigenvalue weighted by atomic mass is 14.7. The van der Waals surface area contributed by atoms with E-state index in [0.29, 0.717) is 12.0 Å². The molecule has 0 amide bonds. The molecule has 2 N–H and O–H groups in total. The summed E-state index contributed by atoms with van der Waals surface area (Å²) in [6.07, 6.45) is 1.16. The predicted octanol–water partition coefficient (Wildman–Crippen LogP) is 0.910. The third kappa shape index (κ3) is 0.829. The maximum atomic E-state index is 5.51. The zero-order valence-corrected chi connectivity index (χ0v) is 4.65. The SMILES string of the molecule is C=C(C)[C@@H]1C[C@H]1N. The zero-order valence-electron chi connectivity index (χ0n) is 4.65. The summed E-state index contributed by atoms with van der Waals surface area (Å²) >= 11 is 0. The van der Waals surface area contributed by atoms with E-state index in [1.165, 1.54) is 5.57 Å². The first kappa shape index (κ1) is 4.85. The van der Waals surface area contributed by atoms with Gasteiger partial charge in [-0.1, -0.05) is 12.2 Å². The fraction of sp³-hybridized carbons (Fsp3) is 0.667. The van der Waals surface area contributed by atoms with Gasteiger partial charge in [0.15, 0.2) is 0 Å². The first-order valence-electron chi connectivity index (χ1n) is 2.63. The van der Waals surface area contributed by atoms with Gasteiger partial charge >= 0.3 is 0 Å². The van der Waals surface area contributed by atoms with Crippen molar-refractivity contribution in [1.82, 2.24) is 0 Å². The van der Waals surface area contributed by atoms with Crippen molar-refractivity contribution in [2.75, 3.05) is 0 Å². The van der Waals surface area contributed by atoms with Crippen LogP contribution in [0.1, 0.15) is 13.3 Å². The van der Waals surface area contributed by atoms with Crippen LogP contribution in [0.15, 0.2) is 12.2 Å². The summed E-state index contributed by atoms with van der Waals surface area (Å²) < 4.78 is 0. The smallest absolute Gasteiger partial charge is 0.0111 e. The largest absolute Gasteiger partial charge is 0.327 e. The molecule has 0 saturated heterocycles. The van der Waals surface area contributed by atoms with Gasteiger partial charge in [-0.3, -0.25) is 0 Å². The molecule has 1 aliphatic carbocycles. The summed E-state index contributed by atoms with van der Waals surface area (Å²) in [4.78, 5) is 0. The molecule has 1 rings (SSSR count). The van der Waals surface area contributed by atoms with Gasteiger partial charge in [0.2, 0.25) is 0 Å². The van der Waals surface area contributed by atoms with Gasteiger partial charge in [0, 0.05) is 6.04 Å². The Labute approximate surface area is 44.2 Å². The quantitative estimate of drug-likeness (QED) is 0.483. The maximum absolute atomic E-state index is 5.51. The highest BCUT2D eigenvalue weighted by Gasteiger charge is 2.33. The summed E-state index contributed by atoms with van der Waals surface area (Å²) in [6.45, 7) is 5.83. The first-order chi connectivity index (χ1) is 3.22. The van der Waals surface area contributed by atoms with E-state index >= 15 is 0 Å². The minimum Gasteiger partial charge on any atom is -0.327 e. The molecule has 0 spiro atoms. The van der Waals surface area contributed by atoms with Crippen LogP contribution < -0.4 is 5.73 Å². The summed E-state index contributed by atoms with van der Waals surface area (Å²) in [6, 6.07) is 0.442. The molecule has 1 aliphatic rings. The van der Waals surface area contributed by atoms with E-state index < -0.39 is 0 Å². The van der Waals surface area contributed by atoms with E-state index in [2.05, 4.69) is 6.58 Å². The summed E-state index contributed by atoms with van der Waals surface area (Å²) in [5.74, 6) is 0.653. The van der Waals surface area contributed by atoms with Gasteiger partial charge in [-0.2, -0.15) is 0 Å². The molecule has 2 atom stereocenters. The van der Waals surface area contributed by atoms with Crippen LogP contribution >= 0.6 is 0 Å². The summed E-state index contributed by atoms with van der Waals surface area (Å²) in [7, 11) is 0. The van der Waals surface area contributed by atoms with Gasteiger partial charge in [0.05, 0.1) is 0 Å². The number of rotatable bonds is 1. The van der Waals surface area contributed by atoms with Crippen LogP contribution in [0.2, 0.25) is 0 Å². The van der Waals surface area contributed by atoms with Crippen LogP contribution in [0.3, 0.4) is 0 Å². The third-order valence-electron chi connectivity index (χ3n) is 1.47. The first-order valence-corrected chi connectivity index (χ1v) is 2.63. The Morgan fingerprint density at radius 3 is 2.29 bits per heavy atom. The lowest BCUT2D eigenvalue weighted by molar-refractivity contribution is 0.922. The second kappa shape index (κ2) is 1.34. The fourth-order valence-electron chi connectivity index (χ4n) is 0.781. The van der Waals surface area contributed by atoms with Gasteiger partial charge in [-0.25, -0.2) is 0 Å². The minimum atomic E-state index is 0.442. The molecule has 40 valence electrons. The minimum absolute atomic E-state index is 0.442. The second-order valence-corrected chi connectivity index (χ2v) is 2.35. The van der Waals surface area contributed by atoms with Crippen molar-refractivity contribution in [3.8, 4) is 0 Å². The van der Waals surface area contributed by atoms with Crippen molar-refractivity contribution < 1.29 is 0 Å². The van der Waals surface area contributed by atoms with E-state index in [0.717, 1.165) is 6.42 Å². The Balaban J connectivity index is 2.33. The lowest BCUT2D eigenvalue weighted by atomic mass is 10.2. The van der Waals surface area contributed by atoms with Crippen molar-refractivity contribution in [1.29, 1.82) is 0 Å². The second-order valence-electron chi connectivity index (χ2n) is 2.35. The standard InChI is InChI=1S/C6H11N/c1-4(2)5-3-6(5)7/h5-6H,1,3,7H2,2H3/t5-,6+/m0/s1. The van der Waals surface area contributed by atoms with Crippen LogP contribution in [-0.4, -0.2) is 6.04 Å². The molecule has 1 nitrogen and oxygen atoms in total. The Morgan fingerprint density at radius 1 is 1.86 bits per heavy atom. The molecule has 1 saturated carbocycles. The van der Waals surface area contributed by atoms with Crippen LogP contribution in [0.25, 0.3) is 0 Å². The molecule has 1 fully saturated rings. The zero-order chi connectivity index (χ0) is 5.44. The summed E-state index contributed by atoms with van der Waals surface area (Å²) in [5, 5.41) is 0. The van der Waals surface area contributed by atoms with Crippen LogP contribution in [0.4, 0.5) is 0 Å². The normalized spacial score (nSPS) is 38.0. The van der Waals surface area contributed by atoms with E-state index in [4.69, 9.17) is 5.73 Å². The van der Waals surface area contributed by atoms with Gasteiger partial charge in [-0.05, 0) is 19.3 Å². The Morgan fingerprint density at radius 2 is 2.29 bits per heavy atom. The molecule has 0 bridgehead atoms. The van der Waals surface area contributed by atoms with Crippen molar-refractivity contribution in [2.45, 2.75) is 19.4 Å². The lowest BCUT2D eigenvalue weighted by Gasteiger charge is -1.87. The highest BCUT2D eigenvalue weighted by Crippen LogP contribution is 2.33. The average Bonchev–Trinajstić information content (AvgIpc) is 2.17. The monoisotopic (exact) mass is 97.1 g/mol. The van der Waals surface area contributed by atoms with E-state index in [1.54, 1.807) is 0 Å². The number of hydrogen-bond acceptors (Lipinski definition) is 1. The van der Waals surface area contributed by atoms with Crippen molar-refractivity contribution >= 4 is 0 Å². The molecular formula is C6H11N. The maximum Gasteiger partial charge on any atom is 0.0111 e. The van der Waals surface area contributed by atoms with Crippen LogP contribution in [0, 0.1) is 5.92 Å². The molecular weight excluding hydrogens is 86.1 g/mol. The molecule has 0 heterocycles. The van der Waals surface area contributed by atoms with Gasteiger partial charge in [0.1, 0.15) is 0 Å². The van der Waals surface area contributed by atoms with Crippen molar-refractivity contribution in [3.05, 3.63) is 12.2 Å². The Bertz CT molecular complexity index is 96.4. The van der Waals surface area contributed by atoms with E-state index in [-0.39, 0.29) is 0 Å². The molecule has 0 unspecified atom stereocenters. The molecule has 0 aromatic rings. The number of nitrogens with two attached hydrogens (primary N) is 1. The van der Waals surface area contributed by atoms with Crippen molar-refractivity contribution in [3.63, 3.8) is 0 Å². The third-order valence-corrected chi connectivity index (χ3v) is 1.47. The fourth-order valence-corrected chi connectivity index (χ4v) is 0.781. The lowest BCUT2D eigenvalue weighted by Crippen LogP contribution is -2.01. The van der Waals surface area contributed by atoms with Gasteiger partial charge in [0.25, 0.3) is 0 Å².